The summed E-state index contributed by atoms with van der Waals surface area (Å²) in [7, 11) is 0. The first-order valence-corrected chi connectivity index (χ1v) is 10.4. The van der Waals surface area contributed by atoms with Crippen LogP contribution in [0, 0.1) is 5.92 Å². The highest BCUT2D eigenvalue weighted by atomic mass is 32.2. The SMILES string of the molecule is CC(=O)Nc1cc(Sc2ccc(C(=O)N[C@@H]3C4CCN(CC4)[C@@H]3C)cc2)no1. The molecule has 3 aliphatic rings. The number of rotatable bonds is 5. The summed E-state index contributed by atoms with van der Waals surface area (Å²) in [6, 6.07) is 9.75. The minimum Gasteiger partial charge on any atom is -0.347 e. The fraction of sp³-hybridized carbons (Fsp3) is 0.450. The zero-order valence-corrected chi connectivity index (χ0v) is 16.8. The summed E-state index contributed by atoms with van der Waals surface area (Å²) in [6.45, 7) is 5.92. The van der Waals surface area contributed by atoms with E-state index in [0.29, 0.717) is 28.4 Å². The molecule has 1 aromatic heterocycles. The highest BCUT2D eigenvalue weighted by Gasteiger charge is 2.40. The second kappa shape index (κ2) is 7.97. The van der Waals surface area contributed by atoms with Crippen LogP contribution in [-0.4, -0.2) is 47.0 Å². The van der Waals surface area contributed by atoms with E-state index in [9.17, 15) is 9.59 Å². The number of carbonyl (C=O) groups excluding carboxylic acids is 2. The molecule has 3 fully saturated rings. The molecule has 5 rings (SSSR count). The van der Waals surface area contributed by atoms with E-state index in [1.54, 1.807) is 6.07 Å². The fourth-order valence-electron chi connectivity index (χ4n) is 4.11. The molecule has 1 aromatic carbocycles. The van der Waals surface area contributed by atoms with Crippen molar-refractivity contribution in [3.8, 4) is 0 Å². The van der Waals surface area contributed by atoms with E-state index in [1.807, 2.05) is 24.3 Å². The summed E-state index contributed by atoms with van der Waals surface area (Å²) >= 11 is 1.41. The van der Waals surface area contributed by atoms with Crippen LogP contribution >= 0.6 is 11.8 Å². The molecular formula is C20H24N4O3S. The molecule has 0 radical (unpaired) electrons. The van der Waals surface area contributed by atoms with Crippen LogP contribution < -0.4 is 10.6 Å². The molecule has 2 aromatic rings. The smallest absolute Gasteiger partial charge is 0.251 e. The number of amides is 2. The van der Waals surface area contributed by atoms with Gasteiger partial charge in [0.05, 0.1) is 0 Å². The predicted octanol–water partition coefficient (Wildman–Crippen LogP) is 3.00. The highest BCUT2D eigenvalue weighted by molar-refractivity contribution is 7.99. The van der Waals surface area contributed by atoms with Crippen LogP contribution in [0.1, 0.15) is 37.0 Å². The number of carbonyl (C=O) groups is 2. The second-order valence-electron chi connectivity index (χ2n) is 7.45. The zero-order chi connectivity index (χ0) is 19.7. The van der Waals surface area contributed by atoms with Crippen LogP contribution in [0.5, 0.6) is 0 Å². The van der Waals surface area contributed by atoms with Gasteiger partial charge in [-0.05, 0) is 63.0 Å². The number of piperidine rings is 3. The fourth-order valence-corrected chi connectivity index (χ4v) is 4.87. The van der Waals surface area contributed by atoms with Gasteiger partial charge in [-0.3, -0.25) is 19.8 Å². The quantitative estimate of drug-likeness (QED) is 0.802. The number of hydrogen-bond donors (Lipinski definition) is 2. The summed E-state index contributed by atoms with van der Waals surface area (Å²) in [5.74, 6) is 0.679. The molecule has 4 heterocycles. The van der Waals surface area contributed by atoms with Crippen molar-refractivity contribution >= 4 is 29.5 Å². The number of nitrogens with one attached hydrogen (secondary N) is 2. The molecule has 0 spiro atoms. The average molecular weight is 401 g/mol. The minimum absolute atomic E-state index is 0.0171. The lowest BCUT2D eigenvalue weighted by Crippen LogP contribution is -2.62. The first-order valence-electron chi connectivity index (χ1n) is 9.57. The maximum absolute atomic E-state index is 12.7. The van der Waals surface area contributed by atoms with Crippen molar-refractivity contribution in [3.05, 3.63) is 35.9 Å². The van der Waals surface area contributed by atoms with Gasteiger partial charge in [0.15, 0.2) is 0 Å². The maximum atomic E-state index is 12.7. The lowest BCUT2D eigenvalue weighted by atomic mass is 9.79. The average Bonchev–Trinajstić information content (AvgIpc) is 3.11. The van der Waals surface area contributed by atoms with E-state index in [0.717, 1.165) is 18.0 Å². The first kappa shape index (κ1) is 19.0. The summed E-state index contributed by atoms with van der Waals surface area (Å²) in [6.07, 6.45) is 2.34. The normalized spacial score (nSPS) is 26.1. The number of anilines is 1. The standard InChI is InChI=1S/C20H24N4O3S/c1-12-19(14-7-9-24(12)10-8-14)22-20(26)15-3-5-16(6-4-15)28-18-11-17(27-23-18)21-13(2)25/h3-6,11-12,14,19H,7-10H2,1-2H3,(H,21,25)(H,22,26)/t12-,19+/m1/s1. The van der Waals surface area contributed by atoms with Crippen molar-refractivity contribution in [1.82, 2.24) is 15.4 Å². The van der Waals surface area contributed by atoms with Crippen molar-refractivity contribution in [2.24, 2.45) is 5.92 Å². The van der Waals surface area contributed by atoms with Gasteiger partial charge in [0, 0.05) is 35.5 Å². The molecule has 2 atom stereocenters. The Morgan fingerprint density at radius 3 is 2.57 bits per heavy atom. The molecule has 8 heteroatoms. The summed E-state index contributed by atoms with van der Waals surface area (Å²) < 4.78 is 5.06. The van der Waals surface area contributed by atoms with Crippen molar-refractivity contribution in [3.63, 3.8) is 0 Å². The van der Waals surface area contributed by atoms with Gasteiger partial charge in [0.2, 0.25) is 11.8 Å². The van der Waals surface area contributed by atoms with Gasteiger partial charge in [-0.15, -0.1) is 0 Å². The Morgan fingerprint density at radius 2 is 1.93 bits per heavy atom. The molecule has 0 unspecified atom stereocenters. The Bertz CT molecular complexity index is 857. The molecule has 0 aliphatic carbocycles. The topological polar surface area (TPSA) is 87.5 Å². The van der Waals surface area contributed by atoms with Crippen LogP contribution in [0.25, 0.3) is 0 Å². The maximum Gasteiger partial charge on any atom is 0.251 e. The third kappa shape index (κ3) is 4.07. The van der Waals surface area contributed by atoms with Crippen LogP contribution in [0.2, 0.25) is 0 Å². The Kier molecular flexibility index (Phi) is 5.41. The highest BCUT2D eigenvalue weighted by Crippen LogP contribution is 2.32. The Balaban J connectivity index is 1.37. The van der Waals surface area contributed by atoms with Gasteiger partial charge < -0.3 is 9.84 Å². The van der Waals surface area contributed by atoms with Gasteiger partial charge >= 0.3 is 0 Å². The summed E-state index contributed by atoms with van der Waals surface area (Å²) in [5.41, 5.74) is 0.659. The van der Waals surface area contributed by atoms with E-state index in [-0.39, 0.29) is 17.9 Å². The molecule has 148 valence electrons. The number of aromatic nitrogens is 1. The van der Waals surface area contributed by atoms with E-state index < -0.39 is 0 Å². The Hall–Kier alpha value is -2.32. The molecule has 2 N–H and O–H groups in total. The van der Waals surface area contributed by atoms with E-state index in [2.05, 4.69) is 27.6 Å². The first-order chi connectivity index (χ1) is 13.5. The third-order valence-electron chi connectivity index (χ3n) is 5.60. The predicted molar refractivity (Wildman–Crippen MR) is 106 cm³/mol. The van der Waals surface area contributed by atoms with Gasteiger partial charge in [-0.25, -0.2) is 0 Å². The van der Waals surface area contributed by atoms with Gasteiger partial charge in [0.1, 0.15) is 5.03 Å². The molecule has 0 saturated carbocycles. The number of hydrogen-bond acceptors (Lipinski definition) is 6. The minimum atomic E-state index is -0.208. The van der Waals surface area contributed by atoms with Crippen molar-refractivity contribution in [1.29, 1.82) is 0 Å². The van der Waals surface area contributed by atoms with Crippen LogP contribution in [0.15, 0.2) is 44.8 Å². The Morgan fingerprint density at radius 1 is 1.21 bits per heavy atom. The molecule has 2 amide bonds. The molecule has 2 bridgehead atoms. The zero-order valence-electron chi connectivity index (χ0n) is 16.0. The van der Waals surface area contributed by atoms with Gasteiger partial charge in [-0.2, -0.15) is 0 Å². The van der Waals surface area contributed by atoms with E-state index in [4.69, 9.17) is 4.52 Å². The van der Waals surface area contributed by atoms with Crippen molar-refractivity contribution in [2.75, 3.05) is 18.4 Å². The molecule has 3 saturated heterocycles. The van der Waals surface area contributed by atoms with Gasteiger partial charge in [-0.1, -0.05) is 16.9 Å². The van der Waals surface area contributed by atoms with Gasteiger partial charge in [0.25, 0.3) is 5.91 Å². The third-order valence-corrected chi connectivity index (χ3v) is 6.51. The van der Waals surface area contributed by atoms with E-state index >= 15 is 0 Å². The van der Waals surface area contributed by atoms with Crippen LogP contribution in [-0.2, 0) is 4.79 Å². The molecule has 3 aliphatic heterocycles. The summed E-state index contributed by atoms with van der Waals surface area (Å²) in [5, 5.41) is 10.4. The second-order valence-corrected chi connectivity index (χ2v) is 8.54. The van der Waals surface area contributed by atoms with Crippen LogP contribution in [0.4, 0.5) is 5.88 Å². The number of nitrogens with zero attached hydrogens (tertiary/aromatic N) is 2. The van der Waals surface area contributed by atoms with Crippen molar-refractivity contribution < 1.29 is 14.1 Å². The molecule has 7 nitrogen and oxygen atoms in total. The summed E-state index contributed by atoms with van der Waals surface area (Å²) in [4.78, 5) is 27.2. The Labute approximate surface area is 168 Å². The van der Waals surface area contributed by atoms with Crippen molar-refractivity contribution in [2.45, 2.75) is 48.7 Å². The van der Waals surface area contributed by atoms with Crippen LogP contribution in [0.3, 0.4) is 0 Å². The van der Waals surface area contributed by atoms with E-state index in [1.165, 1.54) is 31.5 Å². The molecule has 28 heavy (non-hydrogen) atoms. The lowest BCUT2D eigenvalue weighted by molar-refractivity contribution is -0.114. The monoisotopic (exact) mass is 400 g/mol. The largest absolute Gasteiger partial charge is 0.347 e. The lowest BCUT2D eigenvalue weighted by Gasteiger charge is -2.49. The number of benzene rings is 1. The number of fused-ring (bicyclic) bond motifs is 3. The molecular weight excluding hydrogens is 376 g/mol.